The smallest absolute Gasteiger partial charge is 0.237 e. The average molecular weight is 411 g/mol. The molecule has 1 aromatic carbocycles. The minimum Gasteiger partial charge on any atom is -0.497 e. The van der Waals surface area contributed by atoms with E-state index in [9.17, 15) is 9.18 Å². The van der Waals surface area contributed by atoms with E-state index in [1.165, 1.54) is 4.90 Å². The molecule has 2 aliphatic rings. The van der Waals surface area contributed by atoms with E-state index in [1.807, 2.05) is 30.3 Å². The number of rotatable bonds is 5. The Morgan fingerprint density at radius 2 is 2.20 bits per heavy atom. The van der Waals surface area contributed by atoms with E-state index in [2.05, 4.69) is 15.2 Å². The van der Waals surface area contributed by atoms with Gasteiger partial charge in [0.05, 0.1) is 31.8 Å². The predicted molar refractivity (Wildman–Crippen MR) is 112 cm³/mol. The topological polar surface area (TPSA) is 81.5 Å². The lowest BCUT2D eigenvalue weighted by molar-refractivity contribution is -0.132. The molecule has 4 rings (SSSR count). The summed E-state index contributed by atoms with van der Waals surface area (Å²) in [4.78, 5) is 20.5. The van der Waals surface area contributed by atoms with E-state index >= 15 is 0 Å². The number of piperidine rings is 1. The summed E-state index contributed by atoms with van der Waals surface area (Å²) in [6.07, 6.45) is 2.57. The number of hydrogen-bond donors (Lipinski definition) is 1. The van der Waals surface area contributed by atoms with Crippen molar-refractivity contribution in [2.24, 2.45) is 0 Å². The van der Waals surface area contributed by atoms with Crippen LogP contribution in [-0.4, -0.2) is 72.2 Å². The standard InChI is InChI=1S/C22H26FN5O2/c1-30-18-10-20-19(3-2-6-25-20)21(11-18)26-16-4-7-27(8-5-16)14-22(29)28-13-15(23)9-17(28)12-24/h2-3,6,10-11,15-17,26H,4-5,7-9,13-14H2,1H3. The van der Waals surface area contributed by atoms with Gasteiger partial charge in [-0.3, -0.25) is 14.7 Å². The van der Waals surface area contributed by atoms with Crippen molar-refractivity contribution in [2.75, 3.05) is 38.6 Å². The SMILES string of the molecule is COc1cc(NC2CCN(CC(=O)N3CC(F)CC3C#N)CC2)c2cccnc2c1. The maximum absolute atomic E-state index is 13.6. The van der Waals surface area contributed by atoms with Gasteiger partial charge < -0.3 is 15.0 Å². The number of nitrogens with one attached hydrogen (secondary N) is 1. The van der Waals surface area contributed by atoms with Crippen LogP contribution >= 0.6 is 0 Å². The first-order valence-corrected chi connectivity index (χ1v) is 10.3. The predicted octanol–water partition coefficient (Wildman–Crippen LogP) is 2.58. The van der Waals surface area contributed by atoms with E-state index in [4.69, 9.17) is 10.00 Å². The van der Waals surface area contributed by atoms with Gasteiger partial charge in [0.2, 0.25) is 5.91 Å². The Kier molecular flexibility index (Phi) is 6.00. The van der Waals surface area contributed by atoms with Crippen molar-refractivity contribution in [2.45, 2.75) is 37.5 Å². The Labute approximate surface area is 175 Å². The molecule has 2 aromatic rings. The van der Waals surface area contributed by atoms with Crippen molar-refractivity contribution in [3.05, 3.63) is 30.5 Å². The molecule has 3 heterocycles. The number of halogens is 1. The molecule has 1 amide bonds. The number of fused-ring (bicyclic) bond motifs is 1. The largest absolute Gasteiger partial charge is 0.497 e. The molecule has 0 bridgehead atoms. The van der Waals surface area contributed by atoms with Crippen LogP contribution < -0.4 is 10.1 Å². The molecule has 7 nitrogen and oxygen atoms in total. The number of aromatic nitrogens is 1. The van der Waals surface area contributed by atoms with Gasteiger partial charge in [-0.2, -0.15) is 5.26 Å². The molecule has 0 aliphatic carbocycles. The molecule has 1 aromatic heterocycles. The van der Waals surface area contributed by atoms with Crippen molar-refractivity contribution in [1.82, 2.24) is 14.8 Å². The summed E-state index contributed by atoms with van der Waals surface area (Å²) in [5.41, 5.74) is 1.88. The normalized spacial score (nSPS) is 22.8. The fourth-order valence-electron chi connectivity index (χ4n) is 4.31. The van der Waals surface area contributed by atoms with Crippen molar-refractivity contribution in [3.8, 4) is 11.8 Å². The Hall–Kier alpha value is -2.92. The van der Waals surface area contributed by atoms with Gasteiger partial charge in [-0.25, -0.2) is 4.39 Å². The Balaban J connectivity index is 1.35. The quantitative estimate of drug-likeness (QED) is 0.815. The number of ether oxygens (including phenoxy) is 1. The zero-order chi connectivity index (χ0) is 21.1. The minimum atomic E-state index is -1.10. The first kappa shape index (κ1) is 20.4. The van der Waals surface area contributed by atoms with Crippen LogP contribution in [-0.2, 0) is 4.79 Å². The first-order chi connectivity index (χ1) is 14.6. The molecular weight excluding hydrogens is 385 g/mol. The van der Waals surface area contributed by atoms with Crippen molar-refractivity contribution < 1.29 is 13.9 Å². The monoisotopic (exact) mass is 411 g/mol. The van der Waals surface area contributed by atoms with Gasteiger partial charge in [-0.1, -0.05) is 0 Å². The molecule has 1 N–H and O–H groups in total. The van der Waals surface area contributed by atoms with Crippen LogP contribution in [0.2, 0.25) is 0 Å². The summed E-state index contributed by atoms with van der Waals surface area (Å²) in [7, 11) is 1.64. The molecule has 2 atom stereocenters. The van der Waals surface area contributed by atoms with Gasteiger partial charge in [0.15, 0.2) is 0 Å². The van der Waals surface area contributed by atoms with Crippen LogP contribution in [0, 0.1) is 11.3 Å². The lowest BCUT2D eigenvalue weighted by Crippen LogP contribution is -2.46. The van der Waals surface area contributed by atoms with Gasteiger partial charge in [0.25, 0.3) is 0 Å². The molecule has 2 unspecified atom stereocenters. The third-order valence-electron chi connectivity index (χ3n) is 5.96. The number of likely N-dealkylation sites (tertiary alicyclic amines) is 2. The number of nitriles is 1. The van der Waals surface area contributed by atoms with E-state index in [-0.39, 0.29) is 31.5 Å². The second-order valence-electron chi connectivity index (χ2n) is 7.96. The fraction of sp³-hybridized carbons (Fsp3) is 0.500. The number of benzene rings is 1. The zero-order valence-corrected chi connectivity index (χ0v) is 17.1. The molecule has 8 heteroatoms. The number of anilines is 1. The molecule has 0 spiro atoms. The van der Waals surface area contributed by atoms with Crippen LogP contribution in [0.4, 0.5) is 10.1 Å². The third-order valence-corrected chi connectivity index (χ3v) is 5.96. The van der Waals surface area contributed by atoms with E-state index in [0.717, 1.165) is 48.3 Å². The van der Waals surface area contributed by atoms with E-state index in [0.29, 0.717) is 0 Å². The van der Waals surface area contributed by atoms with Crippen LogP contribution in [0.3, 0.4) is 0 Å². The molecular formula is C22H26FN5O2. The highest BCUT2D eigenvalue weighted by molar-refractivity contribution is 5.92. The highest BCUT2D eigenvalue weighted by Gasteiger charge is 2.36. The van der Waals surface area contributed by atoms with E-state index < -0.39 is 12.2 Å². The first-order valence-electron chi connectivity index (χ1n) is 10.3. The highest BCUT2D eigenvalue weighted by atomic mass is 19.1. The zero-order valence-electron chi connectivity index (χ0n) is 17.1. The molecule has 30 heavy (non-hydrogen) atoms. The number of hydrogen-bond acceptors (Lipinski definition) is 6. The number of nitrogens with zero attached hydrogens (tertiary/aromatic N) is 4. The summed E-state index contributed by atoms with van der Waals surface area (Å²) >= 11 is 0. The van der Waals surface area contributed by atoms with Crippen LogP contribution in [0.1, 0.15) is 19.3 Å². The van der Waals surface area contributed by atoms with Gasteiger partial charge in [-0.15, -0.1) is 0 Å². The molecule has 0 saturated carbocycles. The summed E-state index contributed by atoms with van der Waals surface area (Å²) in [6, 6.07) is 9.55. The third kappa shape index (κ3) is 4.31. The van der Waals surface area contributed by atoms with Gasteiger partial charge in [0, 0.05) is 55.0 Å². The Morgan fingerprint density at radius 3 is 2.93 bits per heavy atom. The fourth-order valence-corrected chi connectivity index (χ4v) is 4.31. The van der Waals surface area contributed by atoms with Crippen LogP contribution in [0.5, 0.6) is 5.75 Å². The molecule has 2 saturated heterocycles. The van der Waals surface area contributed by atoms with Gasteiger partial charge in [0.1, 0.15) is 18.0 Å². The number of methoxy groups -OCH3 is 1. The number of pyridine rings is 1. The summed E-state index contributed by atoms with van der Waals surface area (Å²) in [6.45, 7) is 1.82. The van der Waals surface area contributed by atoms with Crippen molar-refractivity contribution >= 4 is 22.5 Å². The lowest BCUT2D eigenvalue weighted by atomic mass is 10.0. The van der Waals surface area contributed by atoms with Crippen LogP contribution in [0.25, 0.3) is 10.9 Å². The Bertz CT molecular complexity index is 954. The molecule has 2 aliphatic heterocycles. The highest BCUT2D eigenvalue weighted by Crippen LogP contribution is 2.30. The average Bonchev–Trinajstić information content (AvgIpc) is 3.16. The lowest BCUT2D eigenvalue weighted by Gasteiger charge is -2.33. The van der Waals surface area contributed by atoms with Gasteiger partial charge in [-0.05, 0) is 25.0 Å². The molecule has 0 radical (unpaired) electrons. The summed E-state index contributed by atoms with van der Waals surface area (Å²) < 4.78 is 19.0. The summed E-state index contributed by atoms with van der Waals surface area (Å²) in [5, 5.41) is 13.8. The van der Waals surface area contributed by atoms with Crippen LogP contribution in [0.15, 0.2) is 30.5 Å². The number of alkyl halides is 1. The second-order valence-corrected chi connectivity index (χ2v) is 7.96. The van der Waals surface area contributed by atoms with Crippen molar-refractivity contribution in [3.63, 3.8) is 0 Å². The molecule has 158 valence electrons. The number of amides is 1. The van der Waals surface area contributed by atoms with Crippen molar-refractivity contribution in [1.29, 1.82) is 5.26 Å². The van der Waals surface area contributed by atoms with E-state index in [1.54, 1.807) is 13.3 Å². The minimum absolute atomic E-state index is 0.0338. The summed E-state index contributed by atoms with van der Waals surface area (Å²) in [5.74, 6) is 0.605. The Morgan fingerprint density at radius 1 is 1.40 bits per heavy atom. The number of carbonyl (C=O) groups excluding carboxylic acids is 1. The number of carbonyl (C=O) groups is 1. The van der Waals surface area contributed by atoms with Gasteiger partial charge >= 0.3 is 0 Å². The maximum Gasteiger partial charge on any atom is 0.237 e. The second kappa shape index (κ2) is 8.84. The molecule has 2 fully saturated rings. The maximum atomic E-state index is 13.6.